The summed E-state index contributed by atoms with van der Waals surface area (Å²) in [5.41, 5.74) is 3.34. The molecule has 24 heavy (non-hydrogen) atoms. The Kier molecular flexibility index (Phi) is 4.32. The van der Waals surface area contributed by atoms with E-state index in [-0.39, 0.29) is 0 Å². The van der Waals surface area contributed by atoms with E-state index in [1.165, 1.54) is 16.5 Å². The van der Waals surface area contributed by atoms with Crippen molar-refractivity contribution in [2.45, 2.75) is 25.5 Å². The molecule has 4 heteroatoms. The average Bonchev–Trinajstić information content (AvgIpc) is 3.10. The molecule has 4 nitrogen and oxygen atoms in total. The van der Waals surface area contributed by atoms with Crippen LogP contribution in [-0.4, -0.2) is 33.1 Å². The molecule has 1 aromatic carbocycles. The van der Waals surface area contributed by atoms with E-state index in [0.29, 0.717) is 5.92 Å². The second-order valence-electron chi connectivity index (χ2n) is 6.71. The van der Waals surface area contributed by atoms with E-state index in [4.69, 9.17) is 0 Å². The van der Waals surface area contributed by atoms with Crippen LogP contribution in [0.3, 0.4) is 0 Å². The summed E-state index contributed by atoms with van der Waals surface area (Å²) in [7, 11) is 0. The smallest absolute Gasteiger partial charge is 0.0988 e. The van der Waals surface area contributed by atoms with E-state index in [1.807, 2.05) is 24.4 Å². The van der Waals surface area contributed by atoms with Crippen molar-refractivity contribution in [1.29, 1.82) is 0 Å². The van der Waals surface area contributed by atoms with Gasteiger partial charge in [-0.2, -0.15) is 0 Å². The first kappa shape index (κ1) is 15.4. The highest BCUT2D eigenvalue weighted by Gasteiger charge is 2.26. The Labute approximate surface area is 142 Å². The molecule has 1 saturated heterocycles. The fraction of sp³-hybridized carbons (Fsp3) is 0.350. The molecule has 0 aliphatic carbocycles. The van der Waals surface area contributed by atoms with Gasteiger partial charge in [-0.15, -0.1) is 0 Å². The number of likely N-dealkylation sites (tertiary alicyclic amines) is 1. The Balaban J connectivity index is 1.35. The minimum atomic E-state index is -0.440. The number of nitrogens with zero attached hydrogens (tertiary/aromatic N) is 2. The van der Waals surface area contributed by atoms with E-state index in [0.717, 1.165) is 38.2 Å². The minimum absolute atomic E-state index is 0.309. The van der Waals surface area contributed by atoms with Gasteiger partial charge in [0.05, 0.1) is 11.8 Å². The van der Waals surface area contributed by atoms with Crippen molar-refractivity contribution in [2.75, 3.05) is 13.1 Å². The van der Waals surface area contributed by atoms with Gasteiger partial charge in [-0.1, -0.05) is 12.1 Å². The number of aliphatic hydroxyl groups excluding tert-OH is 1. The molecular formula is C20H23N3O. The van der Waals surface area contributed by atoms with Gasteiger partial charge >= 0.3 is 0 Å². The third-order valence-electron chi connectivity index (χ3n) is 5.09. The van der Waals surface area contributed by atoms with Crippen LogP contribution < -0.4 is 0 Å². The Morgan fingerprint density at radius 2 is 2.04 bits per heavy atom. The number of benzene rings is 1. The standard InChI is InChI=1S/C20H23N3O/c24-20(19-3-1-2-9-21-19)16-7-11-23(12-8-16)14-15-4-5-18-17(13-15)6-10-22-18/h1-6,9-10,13,16,20,22,24H,7-8,11-12,14H2. The lowest BCUT2D eigenvalue weighted by molar-refractivity contribution is 0.0540. The molecule has 4 rings (SSSR count). The molecule has 2 aromatic heterocycles. The zero-order valence-corrected chi connectivity index (χ0v) is 13.7. The maximum atomic E-state index is 10.5. The van der Waals surface area contributed by atoms with Crippen LogP contribution in [0.5, 0.6) is 0 Å². The van der Waals surface area contributed by atoms with Crippen LogP contribution in [0.25, 0.3) is 10.9 Å². The van der Waals surface area contributed by atoms with Crippen molar-refractivity contribution in [3.8, 4) is 0 Å². The lowest BCUT2D eigenvalue weighted by Crippen LogP contribution is -2.35. The van der Waals surface area contributed by atoms with Crippen LogP contribution in [0.1, 0.15) is 30.2 Å². The monoisotopic (exact) mass is 321 g/mol. The summed E-state index contributed by atoms with van der Waals surface area (Å²) in [6, 6.07) is 14.5. The number of fused-ring (bicyclic) bond motifs is 1. The highest BCUT2D eigenvalue weighted by molar-refractivity contribution is 5.79. The van der Waals surface area contributed by atoms with Crippen molar-refractivity contribution in [2.24, 2.45) is 5.92 Å². The molecule has 1 aliphatic heterocycles. The molecule has 3 heterocycles. The number of hydrogen-bond donors (Lipinski definition) is 2. The van der Waals surface area contributed by atoms with E-state index in [2.05, 4.69) is 39.1 Å². The van der Waals surface area contributed by atoms with Gasteiger partial charge in [0.2, 0.25) is 0 Å². The molecule has 0 amide bonds. The number of aromatic amines is 1. The summed E-state index contributed by atoms with van der Waals surface area (Å²) in [6.45, 7) is 3.03. The van der Waals surface area contributed by atoms with Gasteiger partial charge in [-0.05, 0) is 73.1 Å². The summed E-state index contributed by atoms with van der Waals surface area (Å²) in [5, 5.41) is 11.8. The number of nitrogens with one attached hydrogen (secondary N) is 1. The van der Waals surface area contributed by atoms with E-state index >= 15 is 0 Å². The molecule has 0 spiro atoms. The van der Waals surface area contributed by atoms with Gasteiger partial charge < -0.3 is 10.1 Å². The zero-order valence-electron chi connectivity index (χ0n) is 13.7. The molecule has 0 saturated carbocycles. The van der Waals surface area contributed by atoms with Gasteiger partial charge in [0.1, 0.15) is 0 Å². The highest BCUT2D eigenvalue weighted by Crippen LogP contribution is 2.30. The quantitative estimate of drug-likeness (QED) is 0.773. The summed E-state index contributed by atoms with van der Waals surface area (Å²) in [4.78, 5) is 10.0. The number of aromatic nitrogens is 2. The Bertz CT molecular complexity index is 791. The minimum Gasteiger partial charge on any atom is -0.387 e. The lowest BCUT2D eigenvalue weighted by atomic mass is 9.89. The van der Waals surface area contributed by atoms with Gasteiger partial charge in [-0.3, -0.25) is 9.88 Å². The molecule has 124 valence electrons. The number of rotatable bonds is 4. The topological polar surface area (TPSA) is 52.2 Å². The van der Waals surface area contributed by atoms with Crippen molar-refractivity contribution in [3.05, 3.63) is 66.1 Å². The molecule has 3 aromatic rings. The predicted molar refractivity (Wildman–Crippen MR) is 95.5 cm³/mol. The van der Waals surface area contributed by atoms with E-state index < -0.39 is 6.10 Å². The van der Waals surface area contributed by atoms with Crippen molar-refractivity contribution >= 4 is 10.9 Å². The lowest BCUT2D eigenvalue weighted by Gasteiger charge is -2.34. The van der Waals surface area contributed by atoms with Crippen molar-refractivity contribution in [1.82, 2.24) is 14.9 Å². The maximum absolute atomic E-state index is 10.5. The Morgan fingerprint density at radius 3 is 2.83 bits per heavy atom. The number of hydrogen-bond acceptors (Lipinski definition) is 3. The third kappa shape index (κ3) is 3.21. The highest BCUT2D eigenvalue weighted by atomic mass is 16.3. The van der Waals surface area contributed by atoms with E-state index in [1.54, 1.807) is 6.20 Å². The molecule has 1 atom stereocenters. The molecule has 2 N–H and O–H groups in total. The predicted octanol–water partition coefficient (Wildman–Crippen LogP) is 3.51. The largest absolute Gasteiger partial charge is 0.387 e. The number of pyridine rings is 1. The average molecular weight is 321 g/mol. The first-order valence-electron chi connectivity index (χ1n) is 8.67. The van der Waals surface area contributed by atoms with Gasteiger partial charge in [0.15, 0.2) is 0 Å². The third-order valence-corrected chi connectivity index (χ3v) is 5.09. The summed E-state index contributed by atoms with van der Waals surface area (Å²) in [5.74, 6) is 0.309. The first-order chi connectivity index (χ1) is 11.8. The van der Waals surface area contributed by atoms with Crippen LogP contribution in [-0.2, 0) is 6.54 Å². The fourth-order valence-electron chi connectivity index (χ4n) is 3.68. The fourth-order valence-corrected chi connectivity index (χ4v) is 3.68. The van der Waals surface area contributed by atoms with Crippen LogP contribution >= 0.6 is 0 Å². The zero-order chi connectivity index (χ0) is 16.4. The van der Waals surface area contributed by atoms with Gasteiger partial charge in [0.25, 0.3) is 0 Å². The SMILES string of the molecule is OC(c1ccccn1)C1CCN(Cc2ccc3[nH]ccc3c2)CC1. The van der Waals surface area contributed by atoms with Crippen LogP contribution in [0, 0.1) is 5.92 Å². The molecule has 1 fully saturated rings. The van der Waals surface area contributed by atoms with Crippen molar-refractivity contribution < 1.29 is 5.11 Å². The van der Waals surface area contributed by atoms with Crippen LogP contribution in [0.15, 0.2) is 54.9 Å². The number of H-pyrrole nitrogens is 1. The van der Waals surface area contributed by atoms with Gasteiger partial charge in [-0.25, -0.2) is 0 Å². The summed E-state index contributed by atoms with van der Waals surface area (Å²) >= 11 is 0. The molecular weight excluding hydrogens is 298 g/mol. The van der Waals surface area contributed by atoms with Crippen LogP contribution in [0.4, 0.5) is 0 Å². The molecule has 0 bridgehead atoms. The summed E-state index contributed by atoms with van der Waals surface area (Å²) in [6.07, 6.45) is 5.34. The number of piperidine rings is 1. The molecule has 1 unspecified atom stereocenters. The molecule has 0 radical (unpaired) electrons. The Morgan fingerprint density at radius 1 is 1.17 bits per heavy atom. The number of aliphatic hydroxyl groups is 1. The molecule has 1 aliphatic rings. The first-order valence-corrected chi connectivity index (χ1v) is 8.67. The Hall–Kier alpha value is -2.17. The van der Waals surface area contributed by atoms with Crippen LogP contribution in [0.2, 0.25) is 0 Å². The second kappa shape index (κ2) is 6.75. The van der Waals surface area contributed by atoms with E-state index in [9.17, 15) is 5.11 Å². The maximum Gasteiger partial charge on any atom is 0.0988 e. The van der Waals surface area contributed by atoms with Gasteiger partial charge in [0, 0.05) is 24.5 Å². The second-order valence-corrected chi connectivity index (χ2v) is 6.71. The summed E-state index contributed by atoms with van der Waals surface area (Å²) < 4.78 is 0. The normalized spacial score (nSPS) is 18.0. The van der Waals surface area contributed by atoms with Crippen molar-refractivity contribution in [3.63, 3.8) is 0 Å².